The van der Waals surface area contributed by atoms with Crippen molar-refractivity contribution in [1.82, 2.24) is 0 Å². The maximum Gasteiger partial charge on any atom is 0.127 e. The van der Waals surface area contributed by atoms with Crippen LogP contribution in [0.2, 0.25) is 0 Å². The number of rotatable bonds is 7. The van der Waals surface area contributed by atoms with Gasteiger partial charge in [-0.05, 0) is 91.9 Å². The Hall–Kier alpha value is -2.85. The van der Waals surface area contributed by atoms with Gasteiger partial charge < -0.3 is 13.8 Å². The number of fused-ring (bicyclic) bond motifs is 1. The molecule has 31 heavy (non-hydrogen) atoms. The van der Waals surface area contributed by atoms with Gasteiger partial charge in [0.15, 0.2) is 0 Å². The number of methoxy groups -OCH3 is 1. The first-order valence-electron chi connectivity index (χ1n) is 10.7. The van der Waals surface area contributed by atoms with Crippen molar-refractivity contribution in [3.63, 3.8) is 0 Å². The summed E-state index contributed by atoms with van der Waals surface area (Å²) in [5.41, 5.74) is 4.47. The second-order valence-electron chi connectivity index (χ2n) is 8.07. The van der Waals surface area contributed by atoms with E-state index in [0.717, 1.165) is 35.6 Å². The van der Waals surface area contributed by atoms with Crippen molar-refractivity contribution in [3.05, 3.63) is 89.5 Å². The second-order valence-corrected chi connectivity index (χ2v) is 9.16. The normalized spacial score (nSPS) is 17.0. The van der Waals surface area contributed by atoms with Crippen molar-refractivity contribution < 1.29 is 9.47 Å². The molecule has 0 aliphatic carbocycles. The molecule has 1 aliphatic rings. The molecule has 0 saturated heterocycles. The summed E-state index contributed by atoms with van der Waals surface area (Å²) in [4.78, 5) is 1.18. The van der Waals surface area contributed by atoms with Crippen LogP contribution in [0.4, 0.5) is 5.69 Å². The molecule has 160 valence electrons. The zero-order valence-electron chi connectivity index (χ0n) is 18.6. The lowest BCUT2D eigenvalue weighted by Crippen LogP contribution is -2.30. The Labute approximate surface area is 189 Å². The molecular weight excluding hydrogens is 402 g/mol. The molecule has 3 aromatic rings. The van der Waals surface area contributed by atoms with Crippen LogP contribution in [0.5, 0.6) is 11.5 Å². The van der Waals surface area contributed by atoms with E-state index < -0.39 is 0 Å². The zero-order valence-corrected chi connectivity index (χ0v) is 19.4. The smallest absolute Gasteiger partial charge is 0.127 e. The van der Waals surface area contributed by atoms with Crippen molar-refractivity contribution in [2.75, 3.05) is 11.4 Å². The first kappa shape index (κ1) is 21.4. The number of hydrogen-bond acceptors (Lipinski definition) is 4. The Bertz CT molecular complexity index is 1080. The van der Waals surface area contributed by atoms with E-state index in [9.17, 15) is 0 Å². The second kappa shape index (κ2) is 9.11. The van der Waals surface area contributed by atoms with E-state index >= 15 is 0 Å². The summed E-state index contributed by atoms with van der Waals surface area (Å²) in [6.07, 6.45) is 5.31. The molecule has 0 spiro atoms. The molecule has 1 atom stereocenters. The summed E-state index contributed by atoms with van der Waals surface area (Å²) in [7, 11) is 1.71. The molecule has 4 heteroatoms. The summed E-state index contributed by atoms with van der Waals surface area (Å²) in [6.45, 7) is 7.14. The average molecular weight is 432 g/mol. The van der Waals surface area contributed by atoms with Crippen LogP contribution in [0.1, 0.15) is 37.0 Å². The predicted octanol–water partition coefficient (Wildman–Crippen LogP) is 7.29. The fourth-order valence-electron chi connectivity index (χ4n) is 3.63. The molecule has 0 bridgehead atoms. The monoisotopic (exact) mass is 431 g/mol. The molecular formula is C27H29NO2S. The van der Waals surface area contributed by atoms with Gasteiger partial charge in [0.25, 0.3) is 0 Å². The Morgan fingerprint density at radius 2 is 1.84 bits per heavy atom. The van der Waals surface area contributed by atoms with Gasteiger partial charge in [-0.1, -0.05) is 37.3 Å². The fourth-order valence-corrected chi connectivity index (χ4v) is 4.69. The molecule has 3 aromatic carbocycles. The quantitative estimate of drug-likeness (QED) is 0.366. The molecule has 0 fully saturated rings. The van der Waals surface area contributed by atoms with Gasteiger partial charge in [0.1, 0.15) is 17.1 Å². The lowest BCUT2D eigenvalue weighted by atomic mass is 9.97. The maximum absolute atomic E-state index is 6.23. The Morgan fingerprint density at radius 1 is 1.03 bits per heavy atom. The molecule has 1 aliphatic heterocycles. The summed E-state index contributed by atoms with van der Waals surface area (Å²) in [5.74, 6) is 1.87. The molecule has 0 saturated carbocycles. The Kier molecular flexibility index (Phi) is 6.28. The van der Waals surface area contributed by atoms with Crippen molar-refractivity contribution in [3.8, 4) is 11.5 Å². The van der Waals surface area contributed by atoms with Crippen LogP contribution in [-0.4, -0.2) is 12.7 Å². The van der Waals surface area contributed by atoms with Gasteiger partial charge in [0.05, 0.1) is 13.7 Å². The van der Waals surface area contributed by atoms with E-state index in [2.05, 4.69) is 97.9 Å². The third kappa shape index (κ3) is 4.91. The number of para-hydroxylation sites is 1. The predicted molar refractivity (Wildman–Crippen MR) is 131 cm³/mol. The highest BCUT2D eigenvalue weighted by molar-refractivity contribution is 8.00. The van der Waals surface area contributed by atoms with E-state index in [1.54, 1.807) is 19.1 Å². The molecule has 1 heterocycles. The Balaban J connectivity index is 1.60. The molecule has 0 N–H and O–H groups in total. The maximum atomic E-state index is 6.23. The summed E-state index contributed by atoms with van der Waals surface area (Å²) >= 11 is 1.74. The van der Waals surface area contributed by atoms with Crippen LogP contribution < -0.4 is 13.8 Å². The van der Waals surface area contributed by atoms with Crippen molar-refractivity contribution in [2.24, 2.45) is 0 Å². The standard InChI is InChI=1S/C27H29NO2S/c1-5-27(3)16-15-22-18-21(11-13-26(22)30-27)19-28(23-9-7-6-8-10-23)31-24-12-14-25(29-4)20(2)17-24/h6-18H,5,19H2,1-4H3. The van der Waals surface area contributed by atoms with E-state index in [1.807, 2.05) is 6.07 Å². The van der Waals surface area contributed by atoms with Gasteiger partial charge in [0.2, 0.25) is 0 Å². The Morgan fingerprint density at radius 3 is 2.55 bits per heavy atom. The lowest BCUT2D eigenvalue weighted by Gasteiger charge is -2.31. The highest BCUT2D eigenvalue weighted by atomic mass is 32.2. The van der Waals surface area contributed by atoms with Crippen LogP contribution in [0.3, 0.4) is 0 Å². The van der Waals surface area contributed by atoms with E-state index in [-0.39, 0.29) is 5.60 Å². The largest absolute Gasteiger partial charge is 0.496 e. The average Bonchev–Trinajstić information content (AvgIpc) is 2.79. The van der Waals surface area contributed by atoms with Gasteiger partial charge in [-0.3, -0.25) is 0 Å². The lowest BCUT2D eigenvalue weighted by molar-refractivity contribution is 0.133. The van der Waals surface area contributed by atoms with Crippen molar-refractivity contribution in [2.45, 2.75) is 44.2 Å². The van der Waals surface area contributed by atoms with E-state index in [1.165, 1.54) is 16.1 Å². The summed E-state index contributed by atoms with van der Waals surface area (Å²) in [6, 6.07) is 23.3. The van der Waals surface area contributed by atoms with Crippen LogP contribution >= 0.6 is 11.9 Å². The van der Waals surface area contributed by atoms with Gasteiger partial charge in [-0.2, -0.15) is 0 Å². The van der Waals surface area contributed by atoms with Crippen LogP contribution in [0.15, 0.2) is 77.7 Å². The fraction of sp³-hybridized carbons (Fsp3) is 0.259. The third-order valence-electron chi connectivity index (χ3n) is 5.69. The summed E-state index contributed by atoms with van der Waals surface area (Å²) < 4.78 is 14.0. The third-order valence-corrected chi connectivity index (χ3v) is 6.71. The van der Waals surface area contributed by atoms with Crippen LogP contribution in [0.25, 0.3) is 6.08 Å². The van der Waals surface area contributed by atoms with Crippen LogP contribution in [-0.2, 0) is 6.54 Å². The number of nitrogens with zero attached hydrogens (tertiary/aromatic N) is 1. The zero-order chi connectivity index (χ0) is 21.8. The number of ether oxygens (including phenoxy) is 2. The van der Waals surface area contributed by atoms with E-state index in [4.69, 9.17) is 9.47 Å². The van der Waals surface area contributed by atoms with Gasteiger partial charge in [-0.15, -0.1) is 0 Å². The molecule has 4 rings (SSSR count). The minimum atomic E-state index is -0.216. The minimum absolute atomic E-state index is 0.216. The number of benzene rings is 3. The highest BCUT2D eigenvalue weighted by Crippen LogP contribution is 2.36. The van der Waals surface area contributed by atoms with Gasteiger partial charge in [-0.25, -0.2) is 0 Å². The first-order valence-corrected chi connectivity index (χ1v) is 11.4. The van der Waals surface area contributed by atoms with Crippen LogP contribution in [0, 0.1) is 6.92 Å². The number of hydrogen-bond donors (Lipinski definition) is 0. The molecule has 0 aromatic heterocycles. The molecule has 3 nitrogen and oxygen atoms in total. The highest BCUT2D eigenvalue weighted by Gasteiger charge is 2.25. The van der Waals surface area contributed by atoms with Gasteiger partial charge in [0, 0.05) is 16.1 Å². The minimum Gasteiger partial charge on any atom is -0.496 e. The topological polar surface area (TPSA) is 21.7 Å². The van der Waals surface area contributed by atoms with Gasteiger partial charge >= 0.3 is 0 Å². The van der Waals surface area contributed by atoms with Crippen molar-refractivity contribution in [1.29, 1.82) is 0 Å². The van der Waals surface area contributed by atoms with Crippen molar-refractivity contribution >= 4 is 23.7 Å². The van der Waals surface area contributed by atoms with E-state index in [0.29, 0.717) is 0 Å². The summed E-state index contributed by atoms with van der Waals surface area (Å²) in [5, 5.41) is 0. The molecule has 1 unspecified atom stereocenters. The number of aryl methyl sites for hydroxylation is 1. The molecule has 0 radical (unpaired) electrons. The first-order chi connectivity index (χ1) is 15.0. The SMILES string of the molecule is CCC1(C)C=Cc2cc(CN(Sc3ccc(OC)c(C)c3)c3ccccc3)ccc2O1. The number of anilines is 1. The molecule has 0 amide bonds.